The van der Waals surface area contributed by atoms with Crippen LogP contribution in [0.3, 0.4) is 0 Å². The van der Waals surface area contributed by atoms with E-state index in [1.165, 1.54) is 12.1 Å². The molecule has 0 aliphatic rings. The first kappa shape index (κ1) is 13.1. The molecule has 0 unspecified atom stereocenters. The number of carbonyl (C=O) groups is 1. The SMILES string of the molecule is O=C(Cc1ccc(Cl)cc1F)c1ccccc1Cl. The average molecular weight is 283 g/mol. The highest BCUT2D eigenvalue weighted by molar-refractivity contribution is 6.34. The number of carbonyl (C=O) groups excluding carboxylic acids is 1. The van der Waals surface area contributed by atoms with Gasteiger partial charge in [-0.2, -0.15) is 0 Å². The second-order valence-electron chi connectivity index (χ2n) is 3.82. The lowest BCUT2D eigenvalue weighted by Gasteiger charge is -2.05. The Hall–Kier alpha value is -1.38. The molecular formula is C14H9Cl2FO. The van der Waals surface area contributed by atoms with Gasteiger partial charge in [0.25, 0.3) is 0 Å². The Balaban J connectivity index is 2.24. The third-order valence-corrected chi connectivity index (χ3v) is 3.11. The van der Waals surface area contributed by atoms with Gasteiger partial charge in [0.15, 0.2) is 5.78 Å². The van der Waals surface area contributed by atoms with Gasteiger partial charge in [0, 0.05) is 17.0 Å². The summed E-state index contributed by atoms with van der Waals surface area (Å²) >= 11 is 11.6. The number of benzene rings is 2. The zero-order valence-electron chi connectivity index (χ0n) is 9.29. The summed E-state index contributed by atoms with van der Waals surface area (Å²) in [6.07, 6.45) is -0.0350. The Bertz CT molecular complexity index is 596. The average Bonchev–Trinajstić information content (AvgIpc) is 2.33. The number of hydrogen-bond donors (Lipinski definition) is 0. The third kappa shape index (κ3) is 2.89. The third-order valence-electron chi connectivity index (χ3n) is 2.54. The maximum Gasteiger partial charge on any atom is 0.168 e. The van der Waals surface area contributed by atoms with E-state index < -0.39 is 5.82 Å². The molecule has 0 amide bonds. The molecular weight excluding hydrogens is 274 g/mol. The minimum absolute atomic E-state index is 0.0350. The highest BCUT2D eigenvalue weighted by atomic mass is 35.5. The van der Waals surface area contributed by atoms with Crippen LogP contribution in [0.2, 0.25) is 10.0 Å². The molecule has 0 heterocycles. The summed E-state index contributed by atoms with van der Waals surface area (Å²) < 4.78 is 13.6. The Kier molecular flexibility index (Phi) is 4.00. The minimum Gasteiger partial charge on any atom is -0.294 e. The Morgan fingerprint density at radius 2 is 1.83 bits per heavy atom. The van der Waals surface area contributed by atoms with Crippen molar-refractivity contribution in [2.75, 3.05) is 0 Å². The van der Waals surface area contributed by atoms with E-state index in [0.29, 0.717) is 21.2 Å². The summed E-state index contributed by atoms with van der Waals surface area (Å²) in [5.41, 5.74) is 0.706. The predicted octanol–water partition coefficient (Wildman–Crippen LogP) is 4.56. The van der Waals surface area contributed by atoms with E-state index in [9.17, 15) is 9.18 Å². The number of rotatable bonds is 3. The van der Waals surface area contributed by atoms with Gasteiger partial charge < -0.3 is 0 Å². The standard InChI is InChI=1S/C14H9Cl2FO/c15-10-6-5-9(13(17)8-10)7-14(18)11-3-1-2-4-12(11)16/h1-6,8H,7H2. The molecule has 0 spiro atoms. The highest BCUT2D eigenvalue weighted by Crippen LogP contribution is 2.20. The lowest BCUT2D eigenvalue weighted by Crippen LogP contribution is -2.05. The first-order chi connectivity index (χ1) is 8.58. The van der Waals surface area contributed by atoms with Crippen molar-refractivity contribution in [1.82, 2.24) is 0 Å². The van der Waals surface area contributed by atoms with Crippen molar-refractivity contribution < 1.29 is 9.18 Å². The van der Waals surface area contributed by atoms with Gasteiger partial charge in [-0.3, -0.25) is 4.79 Å². The van der Waals surface area contributed by atoms with Crippen LogP contribution in [-0.2, 0) is 6.42 Å². The van der Waals surface area contributed by atoms with Crippen LogP contribution in [0.1, 0.15) is 15.9 Å². The molecule has 0 aliphatic carbocycles. The molecule has 0 aromatic heterocycles. The van der Waals surface area contributed by atoms with Gasteiger partial charge in [0.2, 0.25) is 0 Å². The molecule has 0 saturated carbocycles. The van der Waals surface area contributed by atoms with Crippen molar-refractivity contribution in [2.24, 2.45) is 0 Å². The summed E-state index contributed by atoms with van der Waals surface area (Å²) in [7, 11) is 0. The topological polar surface area (TPSA) is 17.1 Å². The molecule has 0 bridgehead atoms. The van der Waals surface area contributed by atoms with E-state index in [2.05, 4.69) is 0 Å². The van der Waals surface area contributed by atoms with Crippen LogP contribution in [0.5, 0.6) is 0 Å². The zero-order chi connectivity index (χ0) is 13.1. The second kappa shape index (κ2) is 5.51. The molecule has 18 heavy (non-hydrogen) atoms. The number of hydrogen-bond acceptors (Lipinski definition) is 1. The van der Waals surface area contributed by atoms with Gasteiger partial charge in [-0.1, -0.05) is 41.4 Å². The molecule has 4 heteroatoms. The van der Waals surface area contributed by atoms with Crippen LogP contribution in [0.4, 0.5) is 4.39 Å². The largest absolute Gasteiger partial charge is 0.294 e. The van der Waals surface area contributed by atoms with E-state index in [1.807, 2.05) is 0 Å². The van der Waals surface area contributed by atoms with Gasteiger partial charge >= 0.3 is 0 Å². The summed E-state index contributed by atoms with van der Waals surface area (Å²) in [6.45, 7) is 0. The van der Waals surface area contributed by atoms with E-state index in [0.717, 1.165) is 0 Å². The monoisotopic (exact) mass is 282 g/mol. The molecule has 1 nitrogen and oxygen atoms in total. The smallest absolute Gasteiger partial charge is 0.168 e. The molecule has 0 N–H and O–H groups in total. The minimum atomic E-state index is -0.483. The lowest BCUT2D eigenvalue weighted by molar-refractivity contribution is 0.0992. The van der Waals surface area contributed by atoms with Crippen molar-refractivity contribution in [3.8, 4) is 0 Å². The fourth-order valence-corrected chi connectivity index (χ4v) is 2.02. The van der Waals surface area contributed by atoms with Crippen molar-refractivity contribution in [1.29, 1.82) is 0 Å². The molecule has 0 aliphatic heterocycles. The van der Waals surface area contributed by atoms with Gasteiger partial charge in [-0.25, -0.2) is 4.39 Å². The Morgan fingerprint density at radius 1 is 1.11 bits per heavy atom. The lowest BCUT2D eigenvalue weighted by atomic mass is 10.0. The summed E-state index contributed by atoms with van der Waals surface area (Å²) in [6, 6.07) is 11.0. The number of halogens is 3. The van der Waals surface area contributed by atoms with E-state index >= 15 is 0 Å². The van der Waals surface area contributed by atoms with Crippen molar-refractivity contribution in [2.45, 2.75) is 6.42 Å². The van der Waals surface area contributed by atoms with Gasteiger partial charge in [-0.15, -0.1) is 0 Å². The van der Waals surface area contributed by atoms with Gasteiger partial charge in [-0.05, 0) is 29.8 Å². The van der Waals surface area contributed by atoms with Crippen molar-refractivity contribution in [3.05, 3.63) is 69.5 Å². The maximum absolute atomic E-state index is 13.6. The molecule has 0 saturated heterocycles. The van der Waals surface area contributed by atoms with Gasteiger partial charge in [0.05, 0.1) is 5.02 Å². The van der Waals surface area contributed by atoms with Crippen LogP contribution in [0.15, 0.2) is 42.5 Å². The molecule has 2 rings (SSSR count). The zero-order valence-corrected chi connectivity index (χ0v) is 10.8. The van der Waals surface area contributed by atoms with E-state index in [-0.39, 0.29) is 12.2 Å². The summed E-state index contributed by atoms with van der Waals surface area (Å²) in [4.78, 5) is 12.0. The van der Waals surface area contributed by atoms with Crippen LogP contribution < -0.4 is 0 Å². The fourth-order valence-electron chi connectivity index (χ4n) is 1.62. The van der Waals surface area contributed by atoms with E-state index in [4.69, 9.17) is 23.2 Å². The van der Waals surface area contributed by atoms with Crippen molar-refractivity contribution in [3.63, 3.8) is 0 Å². The first-order valence-corrected chi connectivity index (χ1v) is 6.05. The predicted molar refractivity (Wildman–Crippen MR) is 70.9 cm³/mol. The molecule has 2 aromatic carbocycles. The van der Waals surface area contributed by atoms with Crippen LogP contribution in [0, 0.1) is 5.82 Å². The van der Waals surface area contributed by atoms with Crippen molar-refractivity contribution >= 4 is 29.0 Å². The summed E-state index contributed by atoms with van der Waals surface area (Å²) in [5, 5.41) is 0.679. The van der Waals surface area contributed by atoms with E-state index in [1.54, 1.807) is 30.3 Å². The highest BCUT2D eigenvalue weighted by Gasteiger charge is 2.13. The maximum atomic E-state index is 13.6. The van der Waals surface area contributed by atoms with Crippen LogP contribution in [-0.4, -0.2) is 5.78 Å². The fraction of sp³-hybridized carbons (Fsp3) is 0.0714. The molecule has 92 valence electrons. The quantitative estimate of drug-likeness (QED) is 0.755. The molecule has 0 atom stereocenters. The van der Waals surface area contributed by atoms with Crippen LogP contribution >= 0.6 is 23.2 Å². The normalized spacial score (nSPS) is 10.4. The number of ketones is 1. The van der Waals surface area contributed by atoms with Gasteiger partial charge in [0.1, 0.15) is 5.82 Å². The molecule has 2 aromatic rings. The Labute approximate surface area is 114 Å². The Morgan fingerprint density at radius 3 is 2.50 bits per heavy atom. The molecule has 0 radical (unpaired) electrons. The number of Topliss-reactive ketones (excluding diaryl/α,β-unsaturated/α-hetero) is 1. The van der Waals surface area contributed by atoms with Crippen LogP contribution in [0.25, 0.3) is 0 Å². The second-order valence-corrected chi connectivity index (χ2v) is 4.66. The summed E-state index contributed by atoms with van der Waals surface area (Å²) in [5.74, 6) is -0.704. The molecule has 0 fully saturated rings. The first-order valence-electron chi connectivity index (χ1n) is 5.29.